The number of para-hydroxylation sites is 1. The van der Waals surface area contributed by atoms with E-state index in [1.807, 2.05) is 47.0 Å². The molecule has 0 spiro atoms. The first-order valence-electron chi connectivity index (χ1n) is 6.49. The third-order valence-corrected chi connectivity index (χ3v) is 3.81. The molecule has 0 saturated carbocycles. The van der Waals surface area contributed by atoms with Gasteiger partial charge in [0, 0.05) is 29.4 Å². The van der Waals surface area contributed by atoms with Crippen LogP contribution >= 0.6 is 11.8 Å². The summed E-state index contributed by atoms with van der Waals surface area (Å²) in [7, 11) is 0. The second-order valence-corrected chi connectivity index (χ2v) is 5.32. The maximum Gasteiger partial charge on any atom is 0.196 e. The van der Waals surface area contributed by atoms with Crippen LogP contribution in [0.1, 0.15) is 0 Å². The first-order chi connectivity index (χ1) is 10.8. The van der Waals surface area contributed by atoms with Crippen molar-refractivity contribution in [1.82, 2.24) is 19.7 Å². The fourth-order valence-corrected chi connectivity index (χ4v) is 2.65. The number of aliphatic carboxylic acids is 1. The second kappa shape index (κ2) is 6.40. The van der Waals surface area contributed by atoms with Gasteiger partial charge in [-0.15, -0.1) is 10.2 Å². The van der Waals surface area contributed by atoms with Crippen LogP contribution in [-0.4, -0.2) is 31.5 Å². The molecule has 2 heterocycles. The molecule has 0 aliphatic rings. The molecule has 0 fully saturated rings. The van der Waals surface area contributed by atoms with Gasteiger partial charge in [-0.25, -0.2) is 0 Å². The molecule has 6 nitrogen and oxygen atoms in total. The third kappa shape index (κ3) is 2.99. The molecule has 0 N–H and O–H groups in total. The maximum absolute atomic E-state index is 10.7. The van der Waals surface area contributed by atoms with Crippen LogP contribution in [-0.2, 0) is 4.79 Å². The van der Waals surface area contributed by atoms with Gasteiger partial charge in [0.15, 0.2) is 11.0 Å². The summed E-state index contributed by atoms with van der Waals surface area (Å²) in [5, 5.41) is 19.5. The molecule has 0 atom stereocenters. The zero-order valence-electron chi connectivity index (χ0n) is 11.4. The van der Waals surface area contributed by atoms with E-state index in [2.05, 4.69) is 15.2 Å². The molecular weight excluding hydrogens is 300 g/mol. The number of carboxylic acids is 1. The lowest BCUT2D eigenvalue weighted by Crippen LogP contribution is -2.24. The predicted molar refractivity (Wildman–Crippen MR) is 80.3 cm³/mol. The van der Waals surface area contributed by atoms with Gasteiger partial charge < -0.3 is 9.90 Å². The van der Waals surface area contributed by atoms with Crippen molar-refractivity contribution < 1.29 is 9.90 Å². The van der Waals surface area contributed by atoms with Gasteiger partial charge in [-0.05, 0) is 24.3 Å². The lowest BCUT2D eigenvalue weighted by Gasteiger charge is -2.10. The van der Waals surface area contributed by atoms with Gasteiger partial charge in [0.05, 0.1) is 5.97 Å². The number of benzene rings is 1. The van der Waals surface area contributed by atoms with Crippen LogP contribution in [0.15, 0.2) is 60.0 Å². The van der Waals surface area contributed by atoms with Gasteiger partial charge in [-0.2, -0.15) is 0 Å². The largest absolute Gasteiger partial charge is 0.549 e. The molecule has 2 aromatic heterocycles. The van der Waals surface area contributed by atoms with Crippen LogP contribution < -0.4 is 5.11 Å². The van der Waals surface area contributed by atoms with Crippen molar-refractivity contribution in [3.05, 3.63) is 54.9 Å². The van der Waals surface area contributed by atoms with Crippen molar-refractivity contribution in [1.29, 1.82) is 0 Å². The Hall–Kier alpha value is -2.67. The standard InChI is InChI=1S/C15H12N4O2S/c20-13(21)10-22-15-18-17-14(11-6-8-16-9-7-11)19(15)12-4-2-1-3-5-12/h1-9H,10H2,(H,20,21)/p-1. The van der Waals surface area contributed by atoms with Crippen LogP contribution in [0.3, 0.4) is 0 Å². The van der Waals surface area contributed by atoms with Gasteiger partial charge >= 0.3 is 0 Å². The summed E-state index contributed by atoms with van der Waals surface area (Å²) in [5.41, 5.74) is 1.71. The molecule has 110 valence electrons. The van der Waals surface area contributed by atoms with Crippen molar-refractivity contribution in [2.24, 2.45) is 0 Å². The van der Waals surface area contributed by atoms with E-state index in [0.717, 1.165) is 23.0 Å². The van der Waals surface area contributed by atoms with Crippen molar-refractivity contribution in [2.45, 2.75) is 5.16 Å². The summed E-state index contributed by atoms with van der Waals surface area (Å²) in [6.07, 6.45) is 3.35. The highest BCUT2D eigenvalue weighted by atomic mass is 32.2. The molecule has 0 bridgehead atoms. The van der Waals surface area contributed by atoms with E-state index in [4.69, 9.17) is 0 Å². The molecule has 0 saturated heterocycles. The van der Waals surface area contributed by atoms with E-state index >= 15 is 0 Å². The van der Waals surface area contributed by atoms with Crippen molar-refractivity contribution in [3.8, 4) is 17.1 Å². The number of thioether (sulfide) groups is 1. The van der Waals surface area contributed by atoms with Gasteiger partial charge in [-0.1, -0.05) is 30.0 Å². The van der Waals surface area contributed by atoms with Gasteiger partial charge in [0.2, 0.25) is 0 Å². The smallest absolute Gasteiger partial charge is 0.196 e. The molecule has 0 aliphatic carbocycles. The van der Waals surface area contributed by atoms with Crippen LogP contribution in [0.4, 0.5) is 0 Å². The number of aromatic nitrogens is 4. The molecule has 0 radical (unpaired) electrons. The number of hydrogen-bond donors (Lipinski definition) is 0. The highest BCUT2D eigenvalue weighted by Crippen LogP contribution is 2.27. The molecule has 0 amide bonds. The van der Waals surface area contributed by atoms with E-state index in [9.17, 15) is 9.90 Å². The number of pyridine rings is 1. The Bertz CT molecular complexity index is 775. The number of hydrogen-bond acceptors (Lipinski definition) is 6. The van der Waals surface area contributed by atoms with Crippen LogP contribution in [0, 0.1) is 0 Å². The van der Waals surface area contributed by atoms with E-state index in [-0.39, 0.29) is 5.75 Å². The zero-order chi connectivity index (χ0) is 15.4. The summed E-state index contributed by atoms with van der Waals surface area (Å²) in [5.74, 6) is -0.686. The summed E-state index contributed by atoms with van der Waals surface area (Å²) >= 11 is 1.08. The lowest BCUT2D eigenvalue weighted by atomic mass is 10.2. The van der Waals surface area contributed by atoms with Crippen molar-refractivity contribution >= 4 is 17.7 Å². The van der Waals surface area contributed by atoms with Crippen molar-refractivity contribution in [2.75, 3.05) is 5.75 Å². The third-order valence-electron chi connectivity index (χ3n) is 2.91. The number of rotatable bonds is 5. The summed E-state index contributed by atoms with van der Waals surface area (Å²) in [6.45, 7) is 0. The number of nitrogens with zero attached hydrogens (tertiary/aromatic N) is 4. The monoisotopic (exact) mass is 311 g/mol. The number of carboxylic acid groups (broad SMARTS) is 1. The second-order valence-electron chi connectivity index (χ2n) is 4.37. The normalized spacial score (nSPS) is 10.5. The fourth-order valence-electron chi connectivity index (χ4n) is 1.98. The minimum Gasteiger partial charge on any atom is -0.549 e. The Morgan fingerprint density at radius 3 is 2.50 bits per heavy atom. The van der Waals surface area contributed by atoms with Gasteiger partial charge in [-0.3, -0.25) is 9.55 Å². The Kier molecular flexibility index (Phi) is 4.15. The quantitative estimate of drug-likeness (QED) is 0.658. The summed E-state index contributed by atoms with van der Waals surface area (Å²) < 4.78 is 1.82. The first-order valence-corrected chi connectivity index (χ1v) is 7.48. The summed E-state index contributed by atoms with van der Waals surface area (Å²) in [6, 6.07) is 13.2. The Labute approximate surface area is 130 Å². The molecule has 22 heavy (non-hydrogen) atoms. The van der Waals surface area contributed by atoms with Crippen LogP contribution in [0.2, 0.25) is 0 Å². The number of carbonyl (C=O) groups is 1. The maximum atomic E-state index is 10.7. The number of carbonyl (C=O) groups excluding carboxylic acids is 1. The highest BCUT2D eigenvalue weighted by Gasteiger charge is 2.15. The average Bonchev–Trinajstić information content (AvgIpc) is 2.98. The zero-order valence-corrected chi connectivity index (χ0v) is 12.2. The molecule has 7 heteroatoms. The average molecular weight is 311 g/mol. The summed E-state index contributed by atoms with van der Waals surface area (Å²) in [4.78, 5) is 14.7. The Morgan fingerprint density at radius 1 is 1.09 bits per heavy atom. The fraction of sp³-hybridized carbons (Fsp3) is 0.0667. The lowest BCUT2D eigenvalue weighted by molar-refractivity contribution is -0.301. The van der Waals surface area contributed by atoms with Gasteiger partial charge in [0.1, 0.15) is 0 Å². The van der Waals surface area contributed by atoms with E-state index in [1.54, 1.807) is 12.4 Å². The van der Waals surface area contributed by atoms with E-state index < -0.39 is 5.97 Å². The van der Waals surface area contributed by atoms with Gasteiger partial charge in [0.25, 0.3) is 0 Å². The molecule has 1 aromatic carbocycles. The molecule has 0 aliphatic heterocycles. The van der Waals surface area contributed by atoms with E-state index in [0.29, 0.717) is 11.0 Å². The highest BCUT2D eigenvalue weighted by molar-refractivity contribution is 7.99. The first kappa shape index (κ1) is 14.3. The molecule has 3 rings (SSSR count). The minimum absolute atomic E-state index is 0.179. The van der Waals surface area contributed by atoms with E-state index in [1.165, 1.54) is 0 Å². The molecule has 0 unspecified atom stereocenters. The van der Waals surface area contributed by atoms with Crippen molar-refractivity contribution in [3.63, 3.8) is 0 Å². The van der Waals surface area contributed by atoms with Crippen LogP contribution in [0.25, 0.3) is 17.1 Å². The SMILES string of the molecule is O=C([O-])CSc1nnc(-c2ccncc2)n1-c1ccccc1. The molecular formula is C15H11N4O2S-. The molecule has 3 aromatic rings. The topological polar surface area (TPSA) is 83.7 Å². The van der Waals surface area contributed by atoms with Crippen LogP contribution in [0.5, 0.6) is 0 Å². The minimum atomic E-state index is -1.14. The Morgan fingerprint density at radius 2 is 1.82 bits per heavy atom. The Balaban J connectivity index is 2.09. The predicted octanol–water partition coefficient (Wildman–Crippen LogP) is 1.17.